The van der Waals surface area contributed by atoms with Gasteiger partial charge in [0.2, 0.25) is 0 Å². The first-order valence-corrected chi connectivity index (χ1v) is 6.89. The second kappa shape index (κ2) is 7.79. The van der Waals surface area contributed by atoms with Crippen LogP contribution < -0.4 is 0 Å². The summed E-state index contributed by atoms with van der Waals surface area (Å²) in [6.07, 6.45) is -0.185. The summed E-state index contributed by atoms with van der Waals surface area (Å²) in [7, 11) is 0. The van der Waals surface area contributed by atoms with Gasteiger partial charge in [0.1, 0.15) is 32.3 Å². The molecule has 19 heavy (non-hydrogen) atoms. The van der Waals surface area contributed by atoms with E-state index in [2.05, 4.69) is 0 Å². The molecule has 0 saturated carbocycles. The Bertz CT molecular complexity index is 284. The number of aliphatic hydroxyl groups excluding tert-OH is 2. The maximum absolute atomic E-state index is 11.3. The molecule has 1 fully saturated rings. The van der Waals surface area contributed by atoms with Gasteiger partial charge in [-0.2, -0.15) is 0 Å². The van der Waals surface area contributed by atoms with Gasteiger partial charge < -0.3 is 24.2 Å². The smallest absolute Gasteiger partial charge is 0.311 e. The van der Waals surface area contributed by atoms with E-state index >= 15 is 0 Å². The van der Waals surface area contributed by atoms with Crippen LogP contribution in [0.4, 0.5) is 0 Å². The number of hydrogen-bond acceptors (Lipinski definition) is 5. The lowest BCUT2D eigenvalue weighted by Crippen LogP contribution is -2.56. The first-order chi connectivity index (χ1) is 8.97. The number of carbonyl (C=O) groups excluding carboxylic acids is 1. The second-order valence-corrected chi connectivity index (χ2v) is 5.43. The Labute approximate surface area is 114 Å². The van der Waals surface area contributed by atoms with E-state index in [1.165, 1.54) is 0 Å². The summed E-state index contributed by atoms with van der Waals surface area (Å²) in [5.74, 6) is -0.203. The third-order valence-electron chi connectivity index (χ3n) is 3.41. The number of hydrogen-bond donors (Lipinski definition) is 2. The number of quaternary nitrogens is 1. The highest BCUT2D eigenvalue weighted by Gasteiger charge is 2.33. The molecule has 6 nitrogen and oxygen atoms in total. The zero-order valence-electron chi connectivity index (χ0n) is 11.9. The van der Waals surface area contributed by atoms with Gasteiger partial charge in [-0.25, -0.2) is 0 Å². The lowest BCUT2D eigenvalue weighted by atomic mass is 10.2. The summed E-state index contributed by atoms with van der Waals surface area (Å²) < 4.78 is 10.9. The maximum atomic E-state index is 11.3. The van der Waals surface area contributed by atoms with Gasteiger partial charge >= 0.3 is 5.97 Å². The summed E-state index contributed by atoms with van der Waals surface area (Å²) in [6, 6.07) is 0. The van der Waals surface area contributed by atoms with Crippen LogP contribution in [0.25, 0.3) is 0 Å². The molecule has 0 radical (unpaired) electrons. The van der Waals surface area contributed by atoms with Crippen molar-refractivity contribution in [3.63, 3.8) is 0 Å². The van der Waals surface area contributed by atoms with E-state index < -0.39 is 6.10 Å². The molecular weight excluding hydrogens is 250 g/mol. The predicted molar refractivity (Wildman–Crippen MR) is 69.5 cm³/mol. The second-order valence-electron chi connectivity index (χ2n) is 5.43. The number of esters is 1. The Morgan fingerprint density at radius 3 is 2.79 bits per heavy atom. The van der Waals surface area contributed by atoms with Crippen molar-refractivity contribution >= 4 is 5.97 Å². The SMILES string of the molecule is CC(C)OCC(O)C[N+]1(CCO)CCOC(=O)CC1. The van der Waals surface area contributed by atoms with Crippen LogP contribution in [0.15, 0.2) is 0 Å². The van der Waals surface area contributed by atoms with E-state index in [4.69, 9.17) is 9.47 Å². The average Bonchev–Trinajstić information content (AvgIpc) is 2.50. The van der Waals surface area contributed by atoms with Crippen molar-refractivity contribution in [2.24, 2.45) is 0 Å². The van der Waals surface area contributed by atoms with Crippen LogP contribution >= 0.6 is 0 Å². The van der Waals surface area contributed by atoms with Crippen LogP contribution in [-0.2, 0) is 14.3 Å². The van der Waals surface area contributed by atoms with Crippen molar-refractivity contribution in [1.82, 2.24) is 0 Å². The molecule has 1 saturated heterocycles. The fourth-order valence-electron chi connectivity index (χ4n) is 2.38. The zero-order valence-corrected chi connectivity index (χ0v) is 11.9. The Balaban J connectivity index is 2.56. The largest absolute Gasteiger partial charge is 0.460 e. The van der Waals surface area contributed by atoms with Gasteiger partial charge in [-0.1, -0.05) is 0 Å². The van der Waals surface area contributed by atoms with E-state index in [1.807, 2.05) is 13.8 Å². The molecular formula is C13H26NO5+. The lowest BCUT2D eigenvalue weighted by molar-refractivity contribution is -0.929. The van der Waals surface area contributed by atoms with E-state index in [-0.39, 0.29) is 25.3 Å². The first-order valence-electron chi connectivity index (χ1n) is 6.89. The third kappa shape index (κ3) is 5.86. The molecule has 2 N–H and O–H groups in total. The summed E-state index contributed by atoms with van der Waals surface area (Å²) in [6.45, 7) is 6.72. The van der Waals surface area contributed by atoms with Gasteiger partial charge in [-0.05, 0) is 13.8 Å². The molecule has 1 aliphatic heterocycles. The number of cyclic esters (lactones) is 1. The van der Waals surface area contributed by atoms with Crippen LogP contribution in [0.1, 0.15) is 20.3 Å². The first kappa shape index (κ1) is 16.4. The van der Waals surface area contributed by atoms with Crippen LogP contribution in [0, 0.1) is 0 Å². The molecule has 0 aromatic heterocycles. The molecule has 2 atom stereocenters. The number of carbonyl (C=O) groups is 1. The molecule has 1 heterocycles. The van der Waals surface area contributed by atoms with Gasteiger partial charge in [0.05, 0.1) is 32.3 Å². The van der Waals surface area contributed by atoms with E-state index in [1.54, 1.807) is 0 Å². The predicted octanol–water partition coefficient (Wildman–Crippen LogP) is -0.472. The fourth-order valence-corrected chi connectivity index (χ4v) is 2.38. The zero-order chi connectivity index (χ0) is 14.3. The van der Waals surface area contributed by atoms with Crippen molar-refractivity contribution in [2.75, 3.05) is 46.0 Å². The highest BCUT2D eigenvalue weighted by Crippen LogP contribution is 2.14. The standard InChI is InChI=1S/C13H26NO5/c1-11(2)19-10-12(16)9-14(5-7-15)4-3-13(17)18-8-6-14/h11-12,15-16H,3-10H2,1-2H3/q+1. The molecule has 0 aromatic carbocycles. The van der Waals surface area contributed by atoms with Crippen molar-refractivity contribution in [3.05, 3.63) is 0 Å². The molecule has 0 amide bonds. The molecule has 6 heteroatoms. The highest BCUT2D eigenvalue weighted by molar-refractivity contribution is 5.69. The molecule has 1 rings (SSSR count). The van der Waals surface area contributed by atoms with E-state index in [0.29, 0.717) is 43.7 Å². The molecule has 2 unspecified atom stereocenters. The molecule has 0 aromatic rings. The average molecular weight is 276 g/mol. The third-order valence-corrected chi connectivity index (χ3v) is 3.41. The minimum absolute atomic E-state index is 0.0337. The highest BCUT2D eigenvalue weighted by atomic mass is 16.5. The monoisotopic (exact) mass is 276 g/mol. The van der Waals surface area contributed by atoms with Crippen molar-refractivity contribution in [2.45, 2.75) is 32.5 Å². The van der Waals surface area contributed by atoms with Crippen LogP contribution in [0.3, 0.4) is 0 Å². The molecule has 112 valence electrons. The quantitative estimate of drug-likeness (QED) is 0.485. The molecule has 1 aliphatic rings. The van der Waals surface area contributed by atoms with Gasteiger partial charge in [0.15, 0.2) is 0 Å². The minimum Gasteiger partial charge on any atom is -0.460 e. The van der Waals surface area contributed by atoms with Crippen molar-refractivity contribution < 1.29 is 29.0 Å². The number of aliphatic hydroxyl groups is 2. The fraction of sp³-hybridized carbons (Fsp3) is 0.923. The van der Waals surface area contributed by atoms with Gasteiger partial charge in [0.25, 0.3) is 0 Å². The molecule has 0 bridgehead atoms. The maximum Gasteiger partial charge on any atom is 0.311 e. The Kier molecular flexibility index (Phi) is 6.71. The Hall–Kier alpha value is -0.690. The van der Waals surface area contributed by atoms with Gasteiger partial charge in [-0.3, -0.25) is 4.79 Å². The topological polar surface area (TPSA) is 76.0 Å². The summed E-state index contributed by atoms with van der Waals surface area (Å²) in [5.41, 5.74) is 0. The number of ether oxygens (including phenoxy) is 2. The van der Waals surface area contributed by atoms with Gasteiger partial charge in [-0.15, -0.1) is 0 Å². The van der Waals surface area contributed by atoms with E-state index in [9.17, 15) is 15.0 Å². The van der Waals surface area contributed by atoms with Gasteiger partial charge in [0, 0.05) is 0 Å². The van der Waals surface area contributed by atoms with Crippen LogP contribution in [0.2, 0.25) is 0 Å². The summed E-state index contributed by atoms with van der Waals surface area (Å²) in [5, 5.41) is 19.3. The number of rotatable bonds is 7. The van der Waals surface area contributed by atoms with Crippen molar-refractivity contribution in [1.29, 1.82) is 0 Å². The van der Waals surface area contributed by atoms with Crippen molar-refractivity contribution in [3.8, 4) is 0 Å². The summed E-state index contributed by atoms with van der Waals surface area (Å²) in [4.78, 5) is 11.3. The number of nitrogens with zero attached hydrogens (tertiary/aromatic N) is 1. The Morgan fingerprint density at radius 1 is 1.42 bits per heavy atom. The van der Waals surface area contributed by atoms with E-state index in [0.717, 1.165) is 0 Å². The Morgan fingerprint density at radius 2 is 2.16 bits per heavy atom. The van der Waals surface area contributed by atoms with Crippen LogP contribution in [-0.4, -0.2) is 78.9 Å². The molecule has 0 spiro atoms. The van der Waals surface area contributed by atoms with Crippen LogP contribution in [0.5, 0.6) is 0 Å². The summed E-state index contributed by atoms with van der Waals surface area (Å²) >= 11 is 0. The normalized spacial score (nSPS) is 26.1. The lowest BCUT2D eigenvalue weighted by Gasteiger charge is -2.38. The minimum atomic E-state index is -0.595. The molecule has 0 aliphatic carbocycles.